The summed E-state index contributed by atoms with van der Waals surface area (Å²) in [5, 5.41) is 12.1. The highest BCUT2D eigenvalue weighted by Crippen LogP contribution is 2.19. The summed E-state index contributed by atoms with van der Waals surface area (Å²) in [6, 6.07) is 11.2. The molecule has 28 heavy (non-hydrogen) atoms. The van der Waals surface area contributed by atoms with E-state index in [-0.39, 0.29) is 11.7 Å². The fourth-order valence-electron chi connectivity index (χ4n) is 2.98. The van der Waals surface area contributed by atoms with E-state index in [1.54, 1.807) is 12.1 Å². The summed E-state index contributed by atoms with van der Waals surface area (Å²) < 4.78 is 0. The molecular formula is C22H24N4O2. The van der Waals surface area contributed by atoms with E-state index < -0.39 is 0 Å². The fourth-order valence-corrected chi connectivity index (χ4v) is 2.98. The maximum absolute atomic E-state index is 12.5. The monoisotopic (exact) mass is 376 g/mol. The molecule has 0 aromatic heterocycles. The Morgan fingerprint density at radius 2 is 2.00 bits per heavy atom. The van der Waals surface area contributed by atoms with Crippen LogP contribution in [0.3, 0.4) is 0 Å². The van der Waals surface area contributed by atoms with Crippen LogP contribution in [-0.4, -0.2) is 36.5 Å². The van der Waals surface area contributed by atoms with Crippen LogP contribution in [0, 0.1) is 31.1 Å². The van der Waals surface area contributed by atoms with Crippen LogP contribution in [-0.2, 0) is 4.84 Å². The molecule has 1 amide bonds. The molecule has 1 aliphatic heterocycles. The van der Waals surface area contributed by atoms with Gasteiger partial charge in [-0.25, -0.2) is 5.06 Å². The van der Waals surface area contributed by atoms with Crippen LogP contribution < -0.4 is 11.1 Å². The third-order valence-corrected chi connectivity index (χ3v) is 4.58. The zero-order chi connectivity index (χ0) is 20.1. The lowest BCUT2D eigenvalue weighted by Gasteiger charge is -2.16. The Balaban J connectivity index is 1.65. The van der Waals surface area contributed by atoms with Crippen molar-refractivity contribution >= 4 is 17.4 Å². The Morgan fingerprint density at radius 3 is 2.64 bits per heavy atom. The van der Waals surface area contributed by atoms with E-state index in [2.05, 4.69) is 17.2 Å². The molecule has 0 aliphatic carbocycles. The minimum atomic E-state index is -0.0896. The number of hydrogen-bond acceptors (Lipinski definition) is 4. The quantitative estimate of drug-likeness (QED) is 0.435. The van der Waals surface area contributed by atoms with Crippen LogP contribution in [0.15, 0.2) is 36.4 Å². The molecular weight excluding hydrogens is 352 g/mol. The van der Waals surface area contributed by atoms with E-state index in [0.29, 0.717) is 30.8 Å². The van der Waals surface area contributed by atoms with Crippen molar-refractivity contribution in [2.45, 2.75) is 20.3 Å². The maximum atomic E-state index is 12.5. The minimum Gasteiger partial charge on any atom is -0.384 e. The number of carbonyl (C=O) groups excluding carboxylic acids is 1. The summed E-state index contributed by atoms with van der Waals surface area (Å²) in [6.45, 7) is 5.59. The molecule has 144 valence electrons. The first-order chi connectivity index (χ1) is 13.5. The Hall–Kier alpha value is -3.30. The smallest absolute Gasteiger partial charge is 0.277 e. The van der Waals surface area contributed by atoms with Crippen molar-refractivity contribution in [3.05, 3.63) is 64.2 Å². The zero-order valence-corrected chi connectivity index (χ0v) is 16.1. The molecule has 0 atom stereocenters. The predicted molar refractivity (Wildman–Crippen MR) is 110 cm³/mol. The molecule has 0 spiro atoms. The number of anilines is 1. The van der Waals surface area contributed by atoms with Gasteiger partial charge in [-0.2, -0.15) is 0 Å². The first-order valence-electron chi connectivity index (χ1n) is 9.19. The van der Waals surface area contributed by atoms with Gasteiger partial charge in [-0.05, 0) is 67.8 Å². The average molecular weight is 376 g/mol. The molecule has 3 rings (SSSR count). The van der Waals surface area contributed by atoms with Crippen molar-refractivity contribution in [3.63, 3.8) is 0 Å². The third kappa shape index (κ3) is 4.51. The maximum Gasteiger partial charge on any atom is 0.277 e. The van der Waals surface area contributed by atoms with Gasteiger partial charge in [-0.1, -0.05) is 11.8 Å². The Bertz CT molecular complexity index is 949. The third-order valence-electron chi connectivity index (χ3n) is 4.58. The van der Waals surface area contributed by atoms with E-state index >= 15 is 0 Å². The van der Waals surface area contributed by atoms with Gasteiger partial charge in [-0.15, -0.1) is 0 Å². The number of nitrogen functional groups attached to an aromatic ring is 1. The van der Waals surface area contributed by atoms with Gasteiger partial charge < -0.3 is 11.1 Å². The number of hydroxylamine groups is 2. The SMILES string of the molecule is Cc1cc(C(=O)N2CCCO2)c(C)cc1C#CCNc1ccc(C(=N)N)cc1. The van der Waals surface area contributed by atoms with E-state index in [0.717, 1.165) is 28.8 Å². The molecule has 1 saturated heterocycles. The van der Waals surface area contributed by atoms with E-state index in [4.69, 9.17) is 16.0 Å². The van der Waals surface area contributed by atoms with Crippen LogP contribution in [0.1, 0.15) is 39.0 Å². The number of benzene rings is 2. The van der Waals surface area contributed by atoms with Crippen molar-refractivity contribution in [3.8, 4) is 11.8 Å². The van der Waals surface area contributed by atoms with Gasteiger partial charge in [-0.3, -0.25) is 15.0 Å². The number of amidine groups is 1. The number of hydrogen-bond donors (Lipinski definition) is 3. The number of aryl methyl sites for hydroxylation is 2. The second-order valence-electron chi connectivity index (χ2n) is 6.72. The van der Waals surface area contributed by atoms with Gasteiger partial charge in [0.25, 0.3) is 5.91 Å². The van der Waals surface area contributed by atoms with Crippen LogP contribution in [0.25, 0.3) is 0 Å². The molecule has 1 fully saturated rings. The zero-order valence-electron chi connectivity index (χ0n) is 16.1. The second kappa shape index (κ2) is 8.59. The van der Waals surface area contributed by atoms with Crippen LogP contribution in [0.4, 0.5) is 5.69 Å². The Kier molecular flexibility index (Phi) is 5.97. The number of rotatable bonds is 4. The van der Waals surface area contributed by atoms with Crippen LogP contribution >= 0.6 is 0 Å². The number of nitrogens with zero attached hydrogens (tertiary/aromatic N) is 1. The topological polar surface area (TPSA) is 91.4 Å². The van der Waals surface area contributed by atoms with Crippen LogP contribution in [0.2, 0.25) is 0 Å². The highest BCUT2D eigenvalue weighted by molar-refractivity contribution is 5.96. The van der Waals surface area contributed by atoms with Gasteiger partial charge in [0.05, 0.1) is 19.7 Å². The lowest BCUT2D eigenvalue weighted by atomic mass is 9.99. The molecule has 2 aromatic carbocycles. The molecule has 1 heterocycles. The van der Waals surface area contributed by atoms with Crippen molar-refractivity contribution in [2.24, 2.45) is 5.73 Å². The molecule has 0 bridgehead atoms. The van der Waals surface area contributed by atoms with Crippen LogP contribution in [0.5, 0.6) is 0 Å². The summed E-state index contributed by atoms with van der Waals surface area (Å²) in [4.78, 5) is 17.9. The lowest BCUT2D eigenvalue weighted by molar-refractivity contribution is -0.0768. The molecule has 4 N–H and O–H groups in total. The normalized spacial score (nSPS) is 13.0. The van der Waals surface area contributed by atoms with Gasteiger partial charge in [0.1, 0.15) is 5.84 Å². The average Bonchev–Trinajstić information content (AvgIpc) is 3.22. The molecule has 6 heteroatoms. The van der Waals surface area contributed by atoms with E-state index in [9.17, 15) is 4.79 Å². The molecule has 0 saturated carbocycles. The second-order valence-corrected chi connectivity index (χ2v) is 6.72. The minimum absolute atomic E-state index is 0.0513. The Morgan fingerprint density at radius 1 is 1.25 bits per heavy atom. The van der Waals surface area contributed by atoms with Crippen molar-refractivity contribution in [2.75, 3.05) is 25.0 Å². The van der Waals surface area contributed by atoms with Gasteiger partial charge >= 0.3 is 0 Å². The summed E-state index contributed by atoms with van der Waals surface area (Å²) in [7, 11) is 0. The highest BCUT2D eigenvalue weighted by atomic mass is 16.7. The van der Waals surface area contributed by atoms with Gasteiger partial charge in [0.2, 0.25) is 0 Å². The van der Waals surface area contributed by atoms with Gasteiger partial charge in [0.15, 0.2) is 0 Å². The Labute approximate surface area is 165 Å². The number of carbonyl (C=O) groups is 1. The molecule has 1 aliphatic rings. The van der Waals surface area contributed by atoms with E-state index in [1.165, 1.54) is 5.06 Å². The molecule has 0 radical (unpaired) electrons. The summed E-state index contributed by atoms with van der Waals surface area (Å²) >= 11 is 0. The number of amides is 1. The standard InChI is InChI=1S/C22H24N4O2/c1-15-14-20(22(27)26-11-4-12-28-26)16(2)13-18(15)5-3-10-25-19-8-6-17(7-9-19)21(23)24/h6-9,13-14,25H,4,10-12H2,1-2H3,(H3,23,24). The van der Waals surface area contributed by atoms with Crippen molar-refractivity contribution in [1.82, 2.24) is 5.06 Å². The number of nitrogens with two attached hydrogens (primary N) is 1. The largest absolute Gasteiger partial charge is 0.384 e. The molecule has 2 aromatic rings. The first kappa shape index (κ1) is 19.5. The molecule has 6 nitrogen and oxygen atoms in total. The fraction of sp³-hybridized carbons (Fsp3) is 0.273. The summed E-state index contributed by atoms with van der Waals surface area (Å²) in [5.74, 6) is 6.24. The highest BCUT2D eigenvalue weighted by Gasteiger charge is 2.22. The first-order valence-corrected chi connectivity index (χ1v) is 9.19. The van der Waals surface area contributed by atoms with Crippen molar-refractivity contribution in [1.29, 1.82) is 5.41 Å². The van der Waals surface area contributed by atoms with Gasteiger partial charge in [0, 0.05) is 22.4 Å². The number of nitrogens with one attached hydrogen (secondary N) is 2. The summed E-state index contributed by atoms with van der Waals surface area (Å²) in [5.41, 5.74) is 10.5. The van der Waals surface area contributed by atoms with Crippen molar-refractivity contribution < 1.29 is 9.63 Å². The molecule has 0 unspecified atom stereocenters. The predicted octanol–water partition coefficient (Wildman–Crippen LogP) is 2.83. The summed E-state index contributed by atoms with van der Waals surface area (Å²) in [6.07, 6.45) is 0.873. The van der Waals surface area contributed by atoms with E-state index in [1.807, 2.05) is 38.1 Å². The lowest BCUT2D eigenvalue weighted by Crippen LogP contribution is -2.27.